The molecule has 9 heteroatoms. The van der Waals surface area contributed by atoms with E-state index in [2.05, 4.69) is 0 Å². The fraction of sp³-hybridized carbons (Fsp3) is 0.367. The van der Waals surface area contributed by atoms with Crippen LogP contribution >= 0.6 is 11.6 Å². The standard InChI is InChI=1S/C30H31ClFN3O4/c1-15-20-11-8-12-38-26(20)22(32)14-21(15)25-23(27(29(36)37)39-30(4,5)6)17(3)33-28-16(2)24(34-35(25)28)18-9-7-10-19(31)13-18/h7,9-10,13-14,27H,8,11-12H2,1-6H3,(H,36,37)/t27-/m0/s1. The fourth-order valence-electron chi connectivity index (χ4n) is 5.25. The maximum absolute atomic E-state index is 15.5. The number of carbonyl (C=O) groups is 1. The zero-order valence-corrected chi connectivity index (χ0v) is 23.6. The number of halogens is 2. The van der Waals surface area contributed by atoms with E-state index in [0.29, 0.717) is 51.9 Å². The average Bonchev–Trinajstić information content (AvgIpc) is 3.19. The highest BCUT2D eigenvalue weighted by atomic mass is 35.5. The summed E-state index contributed by atoms with van der Waals surface area (Å²) in [6, 6.07) is 8.74. The van der Waals surface area contributed by atoms with Crippen LogP contribution in [0.25, 0.3) is 28.2 Å². The van der Waals surface area contributed by atoms with Gasteiger partial charge in [-0.3, -0.25) is 0 Å². The molecule has 0 aliphatic carbocycles. The van der Waals surface area contributed by atoms with Crippen LogP contribution in [0, 0.1) is 26.6 Å². The van der Waals surface area contributed by atoms with E-state index in [1.807, 2.05) is 32.0 Å². The molecule has 0 amide bonds. The molecule has 39 heavy (non-hydrogen) atoms. The highest BCUT2D eigenvalue weighted by Gasteiger charge is 2.35. The zero-order chi connectivity index (χ0) is 28.2. The third-order valence-electron chi connectivity index (χ3n) is 6.97. The Hall–Kier alpha value is -3.49. The van der Waals surface area contributed by atoms with Crippen molar-refractivity contribution in [1.29, 1.82) is 0 Å². The molecule has 0 spiro atoms. The summed E-state index contributed by atoms with van der Waals surface area (Å²) in [5.74, 6) is -1.42. The van der Waals surface area contributed by atoms with Crippen molar-refractivity contribution in [3.8, 4) is 28.3 Å². The molecular formula is C30H31ClFN3O4. The van der Waals surface area contributed by atoms with Gasteiger partial charge in [-0.2, -0.15) is 5.10 Å². The van der Waals surface area contributed by atoms with Gasteiger partial charge in [-0.1, -0.05) is 23.7 Å². The van der Waals surface area contributed by atoms with Crippen LogP contribution in [0.4, 0.5) is 4.39 Å². The number of carboxylic acid groups (broad SMARTS) is 1. The normalized spacial score (nSPS) is 14.3. The van der Waals surface area contributed by atoms with Crippen molar-refractivity contribution in [1.82, 2.24) is 14.6 Å². The Labute approximate surface area is 231 Å². The number of aromatic nitrogens is 3. The quantitative estimate of drug-likeness (QED) is 0.286. The molecule has 1 N–H and O–H groups in total. The number of rotatable bonds is 5. The highest BCUT2D eigenvalue weighted by Crippen LogP contribution is 2.42. The van der Waals surface area contributed by atoms with E-state index in [-0.39, 0.29) is 5.75 Å². The van der Waals surface area contributed by atoms with Gasteiger partial charge in [0.1, 0.15) is 0 Å². The first kappa shape index (κ1) is 27.1. The molecule has 1 aliphatic heterocycles. The molecule has 204 valence electrons. The van der Waals surface area contributed by atoms with Crippen LogP contribution in [0.3, 0.4) is 0 Å². The number of hydrogen-bond donors (Lipinski definition) is 1. The summed E-state index contributed by atoms with van der Waals surface area (Å²) in [4.78, 5) is 17.5. The molecule has 1 atom stereocenters. The number of carboxylic acids is 1. The van der Waals surface area contributed by atoms with E-state index in [1.165, 1.54) is 6.07 Å². The predicted octanol–water partition coefficient (Wildman–Crippen LogP) is 7.05. The van der Waals surface area contributed by atoms with E-state index < -0.39 is 23.5 Å². The lowest BCUT2D eigenvalue weighted by Crippen LogP contribution is -2.29. The average molecular weight is 552 g/mol. The number of aliphatic carboxylic acids is 1. The third kappa shape index (κ3) is 4.87. The lowest BCUT2D eigenvalue weighted by atomic mass is 9.91. The van der Waals surface area contributed by atoms with Gasteiger partial charge < -0.3 is 14.6 Å². The lowest BCUT2D eigenvalue weighted by molar-refractivity contribution is -0.160. The van der Waals surface area contributed by atoms with Gasteiger partial charge >= 0.3 is 5.97 Å². The molecule has 3 heterocycles. The second-order valence-electron chi connectivity index (χ2n) is 10.9. The Bertz CT molecular complexity index is 1620. The molecule has 0 saturated carbocycles. The number of fused-ring (bicyclic) bond motifs is 2. The number of nitrogens with zero attached hydrogens (tertiary/aromatic N) is 3. The number of hydrogen-bond acceptors (Lipinski definition) is 5. The topological polar surface area (TPSA) is 86.0 Å². The first-order chi connectivity index (χ1) is 18.4. The number of ether oxygens (including phenoxy) is 2. The number of aryl methyl sites for hydroxylation is 2. The van der Waals surface area contributed by atoms with Gasteiger partial charge in [0.15, 0.2) is 23.3 Å². The SMILES string of the molecule is Cc1nc2c(C)c(-c3cccc(Cl)c3)nn2c(-c2cc(F)c3c(c2C)CCCO3)c1[C@H](OC(C)(C)C)C(=O)O. The van der Waals surface area contributed by atoms with E-state index in [9.17, 15) is 9.90 Å². The molecule has 0 bridgehead atoms. The summed E-state index contributed by atoms with van der Waals surface area (Å²) < 4.78 is 28.9. The van der Waals surface area contributed by atoms with Crippen molar-refractivity contribution >= 4 is 23.2 Å². The minimum Gasteiger partial charge on any atom is -0.490 e. The molecule has 0 radical (unpaired) electrons. The van der Waals surface area contributed by atoms with Crippen molar-refractivity contribution in [3.63, 3.8) is 0 Å². The van der Waals surface area contributed by atoms with Crippen LogP contribution in [-0.2, 0) is 16.0 Å². The maximum atomic E-state index is 15.5. The monoisotopic (exact) mass is 551 g/mol. The van der Waals surface area contributed by atoms with Crippen molar-refractivity contribution in [2.45, 2.75) is 66.1 Å². The number of benzene rings is 2. The van der Waals surface area contributed by atoms with Gasteiger partial charge in [-0.25, -0.2) is 18.7 Å². The van der Waals surface area contributed by atoms with Crippen LogP contribution < -0.4 is 4.74 Å². The Morgan fingerprint density at radius 3 is 2.62 bits per heavy atom. The van der Waals surface area contributed by atoms with Crippen LogP contribution in [0.2, 0.25) is 5.02 Å². The van der Waals surface area contributed by atoms with Gasteiger partial charge in [0, 0.05) is 38.5 Å². The van der Waals surface area contributed by atoms with E-state index in [0.717, 1.165) is 28.7 Å². The van der Waals surface area contributed by atoms with Crippen molar-refractivity contribution in [2.24, 2.45) is 0 Å². The van der Waals surface area contributed by atoms with Gasteiger partial charge in [-0.15, -0.1) is 0 Å². The Kier molecular flexibility index (Phi) is 6.89. The second kappa shape index (κ2) is 9.92. The minimum absolute atomic E-state index is 0.253. The second-order valence-corrected chi connectivity index (χ2v) is 11.4. The molecule has 0 saturated heterocycles. The molecule has 0 unspecified atom stereocenters. The summed E-state index contributed by atoms with van der Waals surface area (Å²) in [6.45, 7) is 11.4. The first-order valence-corrected chi connectivity index (χ1v) is 13.3. The summed E-state index contributed by atoms with van der Waals surface area (Å²) in [6.07, 6.45) is 0.0473. The Morgan fingerprint density at radius 1 is 1.21 bits per heavy atom. The third-order valence-corrected chi connectivity index (χ3v) is 7.20. The highest BCUT2D eigenvalue weighted by molar-refractivity contribution is 6.30. The molecule has 2 aromatic carbocycles. The minimum atomic E-state index is -1.37. The van der Waals surface area contributed by atoms with Gasteiger partial charge in [-0.05, 0) is 78.1 Å². The molecule has 7 nitrogen and oxygen atoms in total. The van der Waals surface area contributed by atoms with E-state index in [4.69, 9.17) is 31.2 Å². The fourth-order valence-corrected chi connectivity index (χ4v) is 5.44. The van der Waals surface area contributed by atoms with Gasteiger partial charge in [0.05, 0.1) is 23.6 Å². The molecule has 4 aromatic rings. The van der Waals surface area contributed by atoms with E-state index >= 15 is 4.39 Å². The first-order valence-electron chi connectivity index (χ1n) is 12.9. The maximum Gasteiger partial charge on any atom is 0.337 e. The molecule has 1 aliphatic rings. The van der Waals surface area contributed by atoms with Crippen molar-refractivity contribution in [2.75, 3.05) is 6.61 Å². The summed E-state index contributed by atoms with van der Waals surface area (Å²) in [5.41, 5.74) is 5.28. The van der Waals surface area contributed by atoms with Crippen molar-refractivity contribution in [3.05, 3.63) is 69.1 Å². The Balaban J connectivity index is 1.91. The zero-order valence-electron chi connectivity index (χ0n) is 22.9. The molecule has 2 aromatic heterocycles. The molecule has 0 fully saturated rings. The Morgan fingerprint density at radius 2 is 1.95 bits per heavy atom. The summed E-state index contributed by atoms with van der Waals surface area (Å²) in [7, 11) is 0. The van der Waals surface area contributed by atoms with Crippen LogP contribution in [0.1, 0.15) is 61.2 Å². The van der Waals surface area contributed by atoms with Gasteiger partial charge in [0.25, 0.3) is 0 Å². The molecular weight excluding hydrogens is 521 g/mol. The summed E-state index contributed by atoms with van der Waals surface area (Å²) >= 11 is 6.28. The van der Waals surface area contributed by atoms with E-state index in [1.54, 1.807) is 38.3 Å². The largest absolute Gasteiger partial charge is 0.490 e. The van der Waals surface area contributed by atoms with Crippen LogP contribution in [-0.4, -0.2) is 37.9 Å². The molecule has 5 rings (SSSR count). The van der Waals surface area contributed by atoms with Crippen molar-refractivity contribution < 1.29 is 23.8 Å². The smallest absolute Gasteiger partial charge is 0.337 e. The predicted molar refractivity (Wildman–Crippen MR) is 148 cm³/mol. The lowest BCUT2D eigenvalue weighted by Gasteiger charge is -2.28. The summed E-state index contributed by atoms with van der Waals surface area (Å²) in [5, 5.41) is 15.8. The van der Waals surface area contributed by atoms with Crippen LogP contribution in [0.15, 0.2) is 30.3 Å². The van der Waals surface area contributed by atoms with Gasteiger partial charge in [0.2, 0.25) is 0 Å². The van der Waals surface area contributed by atoms with Crippen LogP contribution in [0.5, 0.6) is 5.75 Å².